The van der Waals surface area contributed by atoms with Gasteiger partial charge in [-0.15, -0.1) is 0 Å². The van der Waals surface area contributed by atoms with Gasteiger partial charge in [0.1, 0.15) is 0 Å². The molecule has 0 unspecified atom stereocenters. The van der Waals surface area contributed by atoms with Crippen molar-refractivity contribution >= 4 is 11.9 Å². The van der Waals surface area contributed by atoms with Crippen LogP contribution in [-0.4, -0.2) is 54.5 Å². The van der Waals surface area contributed by atoms with E-state index in [0.29, 0.717) is 25.5 Å². The first kappa shape index (κ1) is 16.9. The molecule has 0 radical (unpaired) electrons. The zero-order valence-electron chi connectivity index (χ0n) is 15.3. The van der Waals surface area contributed by atoms with Gasteiger partial charge in [0.2, 0.25) is 0 Å². The maximum atomic E-state index is 13.0. The topological polar surface area (TPSA) is 49.9 Å². The van der Waals surface area contributed by atoms with E-state index in [-0.39, 0.29) is 11.5 Å². The molecule has 25 heavy (non-hydrogen) atoms. The number of rotatable bonds is 4. The van der Waals surface area contributed by atoms with Crippen LogP contribution in [0.2, 0.25) is 0 Å². The van der Waals surface area contributed by atoms with Gasteiger partial charge in [0, 0.05) is 37.8 Å². The number of amides is 1. The Balaban J connectivity index is 1.32. The van der Waals surface area contributed by atoms with Crippen molar-refractivity contribution in [3.8, 4) is 0 Å². The highest BCUT2D eigenvalue weighted by Gasteiger charge is 2.53. The molecule has 4 aliphatic carbocycles. The van der Waals surface area contributed by atoms with Crippen LogP contribution in [0, 0.1) is 23.2 Å². The molecule has 0 spiro atoms. The zero-order chi connectivity index (χ0) is 17.4. The zero-order valence-corrected chi connectivity index (χ0v) is 15.3. The Labute approximate surface area is 150 Å². The molecule has 0 aromatic heterocycles. The summed E-state index contributed by atoms with van der Waals surface area (Å²) >= 11 is 0. The minimum Gasteiger partial charge on any atom is -0.450 e. The Morgan fingerprint density at radius 3 is 2.08 bits per heavy atom. The van der Waals surface area contributed by atoms with Crippen molar-refractivity contribution in [3.63, 3.8) is 0 Å². The van der Waals surface area contributed by atoms with Gasteiger partial charge in [0.25, 0.3) is 0 Å². The summed E-state index contributed by atoms with van der Waals surface area (Å²) in [5, 5.41) is 0. The van der Waals surface area contributed by atoms with Crippen LogP contribution in [0.4, 0.5) is 4.79 Å². The van der Waals surface area contributed by atoms with Gasteiger partial charge in [-0.3, -0.25) is 4.79 Å². The largest absolute Gasteiger partial charge is 0.450 e. The van der Waals surface area contributed by atoms with E-state index >= 15 is 0 Å². The smallest absolute Gasteiger partial charge is 0.409 e. The van der Waals surface area contributed by atoms with E-state index in [1.165, 1.54) is 19.3 Å². The summed E-state index contributed by atoms with van der Waals surface area (Å²) in [4.78, 5) is 28.6. The molecular formula is C20H30N2O3. The Kier molecular flexibility index (Phi) is 4.50. The Hall–Kier alpha value is -1.52. The lowest BCUT2D eigenvalue weighted by Crippen LogP contribution is -2.50. The summed E-state index contributed by atoms with van der Waals surface area (Å²) in [6.45, 7) is 5.10. The SMILES string of the molecule is CCOC(=O)N1CCN(C=CC(=O)C23CC4CC(CC(C4)C2)C3)CC1. The Morgan fingerprint density at radius 1 is 1.00 bits per heavy atom. The highest BCUT2D eigenvalue weighted by Crippen LogP contribution is 2.60. The molecule has 1 aliphatic heterocycles. The fourth-order valence-corrected chi connectivity index (χ4v) is 6.03. The number of hydrogen-bond donors (Lipinski definition) is 0. The summed E-state index contributed by atoms with van der Waals surface area (Å²) in [6.07, 6.45) is 11.1. The van der Waals surface area contributed by atoms with E-state index in [1.54, 1.807) is 4.90 Å². The van der Waals surface area contributed by atoms with Gasteiger partial charge in [0.05, 0.1) is 6.61 Å². The second-order valence-corrected chi connectivity index (χ2v) is 8.60. The first-order chi connectivity index (χ1) is 12.1. The van der Waals surface area contributed by atoms with Gasteiger partial charge in [0.15, 0.2) is 5.78 Å². The standard InChI is InChI=1S/C20H30N2O3/c1-2-25-19(24)22-7-5-21(6-8-22)4-3-18(23)20-12-15-9-16(13-20)11-17(10-15)14-20/h3-4,15-17H,2,5-14H2,1H3. The molecule has 0 N–H and O–H groups in total. The number of allylic oxidation sites excluding steroid dienone is 1. The normalized spacial score (nSPS) is 36.9. The van der Waals surface area contributed by atoms with Crippen LogP contribution >= 0.6 is 0 Å². The van der Waals surface area contributed by atoms with E-state index in [0.717, 1.165) is 50.1 Å². The van der Waals surface area contributed by atoms with E-state index < -0.39 is 0 Å². The minimum atomic E-state index is -0.226. The van der Waals surface area contributed by atoms with E-state index in [4.69, 9.17) is 4.74 Å². The number of carbonyl (C=O) groups excluding carboxylic acids is 2. The molecule has 1 amide bonds. The molecule has 1 saturated heterocycles. The third-order valence-electron chi connectivity index (χ3n) is 6.84. The summed E-state index contributed by atoms with van der Waals surface area (Å²) in [7, 11) is 0. The average molecular weight is 346 g/mol. The van der Waals surface area contributed by atoms with Crippen LogP contribution in [0.3, 0.4) is 0 Å². The van der Waals surface area contributed by atoms with Crippen molar-refractivity contribution in [2.24, 2.45) is 23.2 Å². The fraction of sp³-hybridized carbons (Fsp3) is 0.800. The van der Waals surface area contributed by atoms with Crippen molar-refractivity contribution in [3.05, 3.63) is 12.3 Å². The van der Waals surface area contributed by atoms with Crippen molar-refractivity contribution in [2.75, 3.05) is 32.8 Å². The number of ketones is 1. The van der Waals surface area contributed by atoms with Crippen molar-refractivity contribution in [2.45, 2.75) is 45.4 Å². The quantitative estimate of drug-likeness (QED) is 0.734. The maximum absolute atomic E-state index is 13.0. The van der Waals surface area contributed by atoms with Crippen LogP contribution in [0.5, 0.6) is 0 Å². The lowest BCUT2D eigenvalue weighted by molar-refractivity contribution is -0.138. The summed E-state index contributed by atoms with van der Waals surface area (Å²) in [5.41, 5.74) is -0.0436. The second-order valence-electron chi connectivity index (χ2n) is 8.60. The van der Waals surface area contributed by atoms with Crippen molar-refractivity contribution in [1.29, 1.82) is 0 Å². The number of piperazine rings is 1. The highest BCUT2D eigenvalue weighted by molar-refractivity contribution is 5.95. The molecule has 0 atom stereocenters. The Morgan fingerprint density at radius 2 is 1.56 bits per heavy atom. The summed E-state index contributed by atoms with van der Waals surface area (Å²) in [6, 6.07) is 0. The lowest BCUT2D eigenvalue weighted by atomic mass is 9.48. The van der Waals surface area contributed by atoms with Gasteiger partial charge >= 0.3 is 6.09 Å². The third-order valence-corrected chi connectivity index (χ3v) is 6.84. The molecular weight excluding hydrogens is 316 g/mol. The molecule has 5 rings (SSSR count). The highest BCUT2D eigenvalue weighted by atomic mass is 16.6. The molecule has 4 saturated carbocycles. The van der Waals surface area contributed by atoms with E-state index in [9.17, 15) is 9.59 Å². The molecule has 0 aromatic rings. The lowest BCUT2D eigenvalue weighted by Gasteiger charge is -2.55. The molecule has 138 valence electrons. The molecule has 5 fully saturated rings. The molecule has 0 aromatic carbocycles. The molecule has 5 nitrogen and oxygen atoms in total. The first-order valence-corrected chi connectivity index (χ1v) is 9.96. The van der Waals surface area contributed by atoms with Crippen LogP contribution in [0.25, 0.3) is 0 Å². The summed E-state index contributed by atoms with van der Waals surface area (Å²) < 4.78 is 5.05. The molecule has 1 heterocycles. The predicted molar refractivity (Wildman–Crippen MR) is 94.9 cm³/mol. The van der Waals surface area contributed by atoms with Crippen LogP contribution in [0.1, 0.15) is 45.4 Å². The van der Waals surface area contributed by atoms with Gasteiger partial charge < -0.3 is 14.5 Å². The van der Waals surface area contributed by atoms with Crippen LogP contribution in [0.15, 0.2) is 12.3 Å². The minimum absolute atomic E-state index is 0.0436. The van der Waals surface area contributed by atoms with Gasteiger partial charge in [-0.25, -0.2) is 4.79 Å². The molecule has 5 aliphatic rings. The van der Waals surface area contributed by atoms with Gasteiger partial charge in [-0.05, 0) is 69.3 Å². The number of ether oxygens (including phenoxy) is 1. The fourth-order valence-electron chi connectivity index (χ4n) is 6.03. The molecule has 5 heteroatoms. The van der Waals surface area contributed by atoms with E-state index in [2.05, 4.69) is 4.90 Å². The predicted octanol–water partition coefficient (Wildman–Crippen LogP) is 3.06. The van der Waals surface area contributed by atoms with Gasteiger partial charge in [-0.2, -0.15) is 0 Å². The second kappa shape index (κ2) is 6.65. The average Bonchev–Trinajstić information content (AvgIpc) is 2.59. The third kappa shape index (κ3) is 3.30. The first-order valence-electron chi connectivity index (χ1n) is 9.96. The van der Waals surface area contributed by atoms with Gasteiger partial charge in [-0.1, -0.05) is 0 Å². The van der Waals surface area contributed by atoms with E-state index in [1.807, 2.05) is 19.2 Å². The Bertz CT molecular complexity index is 528. The number of carbonyl (C=O) groups is 2. The summed E-state index contributed by atoms with van der Waals surface area (Å²) in [5.74, 6) is 2.77. The van der Waals surface area contributed by atoms with Crippen LogP contribution in [-0.2, 0) is 9.53 Å². The van der Waals surface area contributed by atoms with Crippen molar-refractivity contribution in [1.82, 2.24) is 9.80 Å². The number of nitrogens with zero attached hydrogens (tertiary/aromatic N) is 2. The maximum Gasteiger partial charge on any atom is 0.409 e. The number of hydrogen-bond acceptors (Lipinski definition) is 4. The molecule has 4 bridgehead atoms. The monoisotopic (exact) mass is 346 g/mol. The van der Waals surface area contributed by atoms with Crippen molar-refractivity contribution < 1.29 is 14.3 Å². The van der Waals surface area contributed by atoms with Crippen LogP contribution < -0.4 is 0 Å².